The molecule has 0 rings (SSSR count). The van der Waals surface area contributed by atoms with E-state index < -0.39 is 0 Å². The fourth-order valence-corrected chi connectivity index (χ4v) is 3.51. The molecule has 0 aliphatic heterocycles. The zero-order valence-corrected chi connectivity index (χ0v) is 17.0. The van der Waals surface area contributed by atoms with Gasteiger partial charge in [-0.15, -0.1) is 0 Å². The summed E-state index contributed by atoms with van der Waals surface area (Å²) in [4.78, 5) is 0. The van der Waals surface area contributed by atoms with Crippen LogP contribution in [0.25, 0.3) is 0 Å². The fraction of sp³-hybridized carbons (Fsp3) is 0.905. The van der Waals surface area contributed by atoms with Gasteiger partial charge >= 0.3 is 0 Å². The van der Waals surface area contributed by atoms with E-state index >= 15 is 0 Å². The van der Waals surface area contributed by atoms with E-state index in [1.165, 1.54) is 5.57 Å². The lowest BCUT2D eigenvalue weighted by molar-refractivity contribution is 0.0925. The number of rotatable bonds is 6. The van der Waals surface area contributed by atoms with E-state index in [9.17, 15) is 0 Å². The molecule has 0 nitrogen and oxygen atoms in total. The van der Waals surface area contributed by atoms with Gasteiger partial charge in [0.25, 0.3) is 0 Å². The van der Waals surface area contributed by atoms with Crippen LogP contribution in [0.15, 0.2) is 11.1 Å². The highest BCUT2D eigenvalue weighted by Gasteiger charge is 2.33. The maximum atomic E-state index is 2.47. The molecule has 0 saturated heterocycles. The van der Waals surface area contributed by atoms with Crippen LogP contribution < -0.4 is 0 Å². The van der Waals surface area contributed by atoms with Crippen molar-refractivity contribution in [3.8, 4) is 0 Å². The second-order valence-electron chi connectivity index (χ2n) is 9.06. The molecule has 21 heavy (non-hydrogen) atoms. The lowest BCUT2D eigenvalue weighted by atomic mass is 9.65. The number of hydrogen-bond donors (Lipinski definition) is 0. The summed E-state index contributed by atoms with van der Waals surface area (Å²) in [7, 11) is 0. The molecule has 0 aromatic rings. The van der Waals surface area contributed by atoms with Gasteiger partial charge in [0.1, 0.15) is 0 Å². The van der Waals surface area contributed by atoms with Crippen LogP contribution in [0.1, 0.15) is 83.1 Å². The van der Waals surface area contributed by atoms with Crippen LogP contribution in [0.2, 0.25) is 0 Å². The quantitative estimate of drug-likeness (QED) is 0.454. The first kappa shape index (κ1) is 20.7. The summed E-state index contributed by atoms with van der Waals surface area (Å²) in [6, 6.07) is 0. The minimum atomic E-state index is 0.401. The molecule has 0 heteroatoms. The first-order valence-electron chi connectivity index (χ1n) is 8.96. The lowest BCUT2D eigenvalue weighted by Gasteiger charge is -2.40. The molecule has 0 heterocycles. The predicted octanol–water partition coefficient (Wildman–Crippen LogP) is 7.21. The van der Waals surface area contributed by atoms with Gasteiger partial charge in [-0.1, -0.05) is 73.5 Å². The van der Waals surface area contributed by atoms with Gasteiger partial charge in [0.05, 0.1) is 0 Å². The van der Waals surface area contributed by atoms with Crippen LogP contribution in [-0.4, -0.2) is 0 Å². The summed E-state index contributed by atoms with van der Waals surface area (Å²) in [5.41, 5.74) is 3.47. The van der Waals surface area contributed by atoms with Gasteiger partial charge in [-0.3, -0.25) is 0 Å². The molecular weight excluding hydrogens is 252 g/mol. The van der Waals surface area contributed by atoms with Gasteiger partial charge in [0.2, 0.25) is 0 Å². The zero-order chi connectivity index (χ0) is 17.1. The fourth-order valence-electron chi connectivity index (χ4n) is 3.51. The third kappa shape index (κ3) is 5.46. The molecule has 0 radical (unpaired) electrons. The van der Waals surface area contributed by atoms with E-state index in [1.54, 1.807) is 5.57 Å². The van der Waals surface area contributed by atoms with E-state index in [4.69, 9.17) is 0 Å². The minimum Gasteiger partial charge on any atom is -0.0772 e. The average molecular weight is 295 g/mol. The molecular formula is C21H42. The summed E-state index contributed by atoms with van der Waals surface area (Å²) < 4.78 is 0. The Kier molecular flexibility index (Phi) is 7.74. The molecule has 0 spiro atoms. The van der Waals surface area contributed by atoms with Gasteiger partial charge in [0.15, 0.2) is 0 Å². The van der Waals surface area contributed by atoms with Crippen molar-refractivity contribution >= 4 is 0 Å². The molecule has 0 aliphatic rings. The van der Waals surface area contributed by atoms with Gasteiger partial charge in [0, 0.05) is 0 Å². The van der Waals surface area contributed by atoms with E-state index in [2.05, 4.69) is 83.1 Å². The third-order valence-electron chi connectivity index (χ3n) is 6.90. The maximum Gasteiger partial charge on any atom is -0.0204 e. The lowest BCUT2D eigenvalue weighted by Crippen LogP contribution is -2.33. The van der Waals surface area contributed by atoms with Gasteiger partial charge in [-0.05, 0) is 61.7 Å². The summed E-state index contributed by atoms with van der Waals surface area (Å²) in [6.07, 6.45) is 0. The van der Waals surface area contributed by atoms with Crippen molar-refractivity contribution in [1.82, 2.24) is 0 Å². The molecule has 0 fully saturated rings. The van der Waals surface area contributed by atoms with E-state index in [0.29, 0.717) is 11.3 Å². The van der Waals surface area contributed by atoms with Crippen LogP contribution >= 0.6 is 0 Å². The summed E-state index contributed by atoms with van der Waals surface area (Å²) in [6.45, 7) is 28.6. The van der Waals surface area contributed by atoms with Gasteiger partial charge in [-0.2, -0.15) is 0 Å². The summed E-state index contributed by atoms with van der Waals surface area (Å²) in [5.74, 6) is 4.47. The predicted molar refractivity (Wildman–Crippen MR) is 98.5 cm³/mol. The van der Waals surface area contributed by atoms with Crippen LogP contribution in [0, 0.1) is 40.9 Å². The normalized spacial score (nSPS) is 21.1. The zero-order valence-electron chi connectivity index (χ0n) is 17.0. The molecule has 0 bridgehead atoms. The van der Waals surface area contributed by atoms with Gasteiger partial charge in [-0.25, -0.2) is 0 Å². The first-order chi connectivity index (χ1) is 9.32. The maximum absolute atomic E-state index is 2.47. The van der Waals surface area contributed by atoms with Crippen LogP contribution in [0.3, 0.4) is 0 Å². The molecule has 0 saturated carbocycles. The highest BCUT2D eigenvalue weighted by molar-refractivity contribution is 5.11. The number of allylic oxidation sites excluding steroid dienone is 2. The van der Waals surface area contributed by atoms with Gasteiger partial charge < -0.3 is 0 Å². The first-order valence-corrected chi connectivity index (χ1v) is 8.96. The topological polar surface area (TPSA) is 0 Å². The van der Waals surface area contributed by atoms with Crippen LogP contribution in [-0.2, 0) is 0 Å². The molecule has 0 amide bonds. The van der Waals surface area contributed by atoms with E-state index in [1.807, 2.05) is 0 Å². The molecule has 6 atom stereocenters. The number of hydrogen-bond acceptors (Lipinski definition) is 0. The molecule has 0 N–H and O–H groups in total. The monoisotopic (exact) mass is 294 g/mol. The Labute approximate surface area is 135 Å². The second-order valence-corrected chi connectivity index (χ2v) is 9.06. The Bertz CT molecular complexity index is 338. The second kappa shape index (κ2) is 7.84. The van der Waals surface area contributed by atoms with Crippen LogP contribution in [0.4, 0.5) is 0 Å². The molecule has 0 aromatic carbocycles. The van der Waals surface area contributed by atoms with Crippen molar-refractivity contribution in [2.24, 2.45) is 40.9 Å². The Morgan fingerprint density at radius 3 is 1.33 bits per heavy atom. The third-order valence-corrected chi connectivity index (χ3v) is 6.90. The smallest absolute Gasteiger partial charge is 0.0204 e. The molecule has 0 aromatic heterocycles. The Hall–Kier alpha value is -0.260. The van der Waals surface area contributed by atoms with Crippen molar-refractivity contribution < 1.29 is 0 Å². The Balaban J connectivity index is 5.00. The van der Waals surface area contributed by atoms with Crippen molar-refractivity contribution in [2.75, 3.05) is 0 Å². The highest BCUT2D eigenvalue weighted by atomic mass is 14.4. The Morgan fingerprint density at radius 1 is 0.619 bits per heavy atom. The molecule has 126 valence electrons. The van der Waals surface area contributed by atoms with E-state index in [-0.39, 0.29) is 0 Å². The van der Waals surface area contributed by atoms with Crippen molar-refractivity contribution in [3.05, 3.63) is 11.1 Å². The minimum absolute atomic E-state index is 0.401. The van der Waals surface area contributed by atoms with Crippen molar-refractivity contribution in [1.29, 1.82) is 0 Å². The summed E-state index contributed by atoms with van der Waals surface area (Å²) in [5, 5.41) is 0. The van der Waals surface area contributed by atoms with Crippen LogP contribution in [0.5, 0.6) is 0 Å². The average Bonchev–Trinajstić information content (AvgIpc) is 2.40. The van der Waals surface area contributed by atoms with Crippen molar-refractivity contribution in [3.63, 3.8) is 0 Å². The Morgan fingerprint density at radius 2 is 1.00 bits per heavy atom. The largest absolute Gasteiger partial charge is 0.0772 e. The molecule has 6 unspecified atom stereocenters. The molecule has 0 aliphatic carbocycles. The van der Waals surface area contributed by atoms with Crippen molar-refractivity contribution in [2.45, 2.75) is 83.1 Å². The SMILES string of the molecule is CC(C)=C(C)C(C)C(C)C(C)C(C)C(C)C(C)C(C)(C)C. The summed E-state index contributed by atoms with van der Waals surface area (Å²) >= 11 is 0. The standard InChI is InChI=1S/C21H42/c1-13(2)14(3)15(4)16(5)17(6)18(7)19(8)20(9)21(10,11)12/h15-20H,1-12H3. The highest BCUT2D eigenvalue weighted by Crippen LogP contribution is 2.41. The van der Waals surface area contributed by atoms with E-state index in [0.717, 1.165) is 29.6 Å².